The van der Waals surface area contributed by atoms with E-state index in [4.69, 9.17) is 9.31 Å². The lowest BCUT2D eigenvalue weighted by molar-refractivity contribution is -0.383. The van der Waals surface area contributed by atoms with E-state index in [0.717, 1.165) is 6.07 Å². The van der Waals surface area contributed by atoms with E-state index in [0.29, 0.717) is 0 Å². The molecule has 1 aliphatic heterocycles. The van der Waals surface area contributed by atoms with Crippen LogP contribution in [-0.4, -0.2) is 23.2 Å². The fourth-order valence-corrected chi connectivity index (χ4v) is 1.88. The van der Waals surface area contributed by atoms with Crippen LogP contribution in [0, 0.1) is 15.9 Å². The number of halogens is 1. The molecule has 0 bridgehead atoms. The van der Waals surface area contributed by atoms with E-state index in [1.807, 2.05) is 0 Å². The molecule has 2 rings (SSSR count). The molecule has 102 valence electrons. The topological polar surface area (TPSA) is 61.6 Å². The van der Waals surface area contributed by atoms with Gasteiger partial charge < -0.3 is 9.31 Å². The van der Waals surface area contributed by atoms with Gasteiger partial charge >= 0.3 is 7.12 Å². The number of nitro groups is 1. The van der Waals surface area contributed by atoms with Gasteiger partial charge in [0.15, 0.2) is 0 Å². The van der Waals surface area contributed by atoms with Crippen molar-refractivity contribution >= 4 is 18.3 Å². The maximum absolute atomic E-state index is 13.9. The summed E-state index contributed by atoms with van der Waals surface area (Å²) in [5.74, 6) is -0.701. The van der Waals surface area contributed by atoms with Crippen molar-refractivity contribution in [2.45, 2.75) is 38.9 Å². The molecule has 0 atom stereocenters. The van der Waals surface area contributed by atoms with Gasteiger partial charge in [-0.2, -0.15) is 0 Å². The van der Waals surface area contributed by atoms with Gasteiger partial charge in [-0.3, -0.25) is 10.1 Å². The number of nitrogens with zero attached hydrogens (tertiary/aromatic N) is 1. The zero-order chi connectivity index (χ0) is 14.4. The first-order valence-corrected chi connectivity index (χ1v) is 5.94. The highest BCUT2D eigenvalue weighted by Crippen LogP contribution is 2.37. The SMILES string of the molecule is CC1(C)OB(c2c(F)cccc2[N+](=O)[O-])OC1(C)C. The summed E-state index contributed by atoms with van der Waals surface area (Å²) in [5.41, 5.74) is -1.84. The first-order valence-electron chi connectivity index (χ1n) is 5.94. The molecular formula is C12H15BFNO4. The van der Waals surface area contributed by atoms with Gasteiger partial charge in [0.05, 0.1) is 21.6 Å². The molecular weight excluding hydrogens is 252 g/mol. The third-order valence-corrected chi connectivity index (χ3v) is 3.72. The minimum absolute atomic E-state index is 0.161. The van der Waals surface area contributed by atoms with E-state index in [1.54, 1.807) is 27.7 Å². The standard InChI is InChI=1S/C12H15BFNO4/c1-11(2)12(3,4)19-13(18-11)10-8(14)6-5-7-9(10)15(16)17/h5-7H,1-4H3. The molecule has 1 saturated heterocycles. The molecule has 19 heavy (non-hydrogen) atoms. The van der Waals surface area contributed by atoms with Crippen molar-refractivity contribution in [3.05, 3.63) is 34.1 Å². The Balaban J connectivity index is 2.48. The zero-order valence-corrected chi connectivity index (χ0v) is 11.3. The van der Waals surface area contributed by atoms with Crippen molar-refractivity contribution in [1.29, 1.82) is 0 Å². The van der Waals surface area contributed by atoms with E-state index >= 15 is 0 Å². The Labute approximate surface area is 111 Å². The predicted octanol–water partition coefficient (Wildman–Crippen LogP) is 2.03. The third-order valence-electron chi connectivity index (χ3n) is 3.72. The Bertz CT molecular complexity index is 516. The molecule has 1 aliphatic rings. The Hall–Kier alpha value is -1.47. The predicted molar refractivity (Wildman–Crippen MR) is 68.8 cm³/mol. The summed E-state index contributed by atoms with van der Waals surface area (Å²) in [6, 6.07) is 3.69. The highest BCUT2D eigenvalue weighted by molar-refractivity contribution is 6.63. The average molecular weight is 267 g/mol. The molecule has 0 unspecified atom stereocenters. The lowest BCUT2D eigenvalue weighted by atomic mass is 9.77. The molecule has 0 radical (unpaired) electrons. The number of nitro benzene ring substituents is 1. The maximum atomic E-state index is 13.9. The quantitative estimate of drug-likeness (QED) is 0.467. The van der Waals surface area contributed by atoms with E-state index in [-0.39, 0.29) is 11.2 Å². The molecule has 7 heteroatoms. The van der Waals surface area contributed by atoms with E-state index in [9.17, 15) is 14.5 Å². The van der Waals surface area contributed by atoms with E-state index in [2.05, 4.69) is 0 Å². The summed E-state index contributed by atoms with van der Waals surface area (Å²) in [6.45, 7) is 7.22. The molecule has 0 N–H and O–H groups in total. The zero-order valence-electron chi connectivity index (χ0n) is 11.3. The monoisotopic (exact) mass is 267 g/mol. The van der Waals surface area contributed by atoms with Gasteiger partial charge in [0.2, 0.25) is 0 Å². The number of hydrogen-bond acceptors (Lipinski definition) is 4. The molecule has 1 heterocycles. The maximum Gasteiger partial charge on any atom is 0.505 e. The smallest absolute Gasteiger partial charge is 0.399 e. The van der Waals surface area contributed by atoms with Gasteiger partial charge in [0.1, 0.15) is 5.82 Å². The molecule has 1 aromatic rings. The van der Waals surface area contributed by atoms with Gasteiger partial charge in [0, 0.05) is 6.07 Å². The third kappa shape index (κ3) is 2.23. The largest absolute Gasteiger partial charge is 0.505 e. The van der Waals surface area contributed by atoms with E-state index in [1.165, 1.54) is 12.1 Å². The van der Waals surface area contributed by atoms with Gasteiger partial charge in [0.25, 0.3) is 5.69 Å². The van der Waals surface area contributed by atoms with Crippen LogP contribution in [0.15, 0.2) is 18.2 Å². The van der Waals surface area contributed by atoms with Crippen molar-refractivity contribution in [1.82, 2.24) is 0 Å². The Morgan fingerprint density at radius 3 is 2.21 bits per heavy atom. The normalized spacial score (nSPS) is 20.6. The number of hydrogen-bond donors (Lipinski definition) is 0. The highest BCUT2D eigenvalue weighted by Gasteiger charge is 2.54. The van der Waals surface area contributed by atoms with Gasteiger partial charge in [-0.25, -0.2) is 4.39 Å². The summed E-state index contributed by atoms with van der Waals surface area (Å²) in [5, 5.41) is 11.0. The van der Waals surface area contributed by atoms with Crippen LogP contribution in [0.25, 0.3) is 0 Å². The summed E-state index contributed by atoms with van der Waals surface area (Å²) < 4.78 is 25.2. The summed E-state index contributed by atoms with van der Waals surface area (Å²) in [6.07, 6.45) is 0. The van der Waals surface area contributed by atoms with Crippen LogP contribution in [0.5, 0.6) is 0 Å². The highest BCUT2D eigenvalue weighted by atomic mass is 19.1. The number of rotatable bonds is 2. The van der Waals surface area contributed by atoms with Crippen molar-refractivity contribution < 1.29 is 18.6 Å². The van der Waals surface area contributed by atoms with Gasteiger partial charge in [-0.15, -0.1) is 0 Å². The van der Waals surface area contributed by atoms with Crippen LogP contribution in [-0.2, 0) is 9.31 Å². The lowest BCUT2D eigenvalue weighted by Crippen LogP contribution is -2.41. The van der Waals surface area contributed by atoms with Crippen molar-refractivity contribution in [3.8, 4) is 0 Å². The van der Waals surface area contributed by atoms with Crippen LogP contribution in [0.1, 0.15) is 27.7 Å². The molecule has 0 aliphatic carbocycles. The molecule has 0 saturated carbocycles. The van der Waals surface area contributed by atoms with Crippen molar-refractivity contribution in [3.63, 3.8) is 0 Å². The fourth-order valence-electron chi connectivity index (χ4n) is 1.88. The summed E-state index contributed by atoms with van der Waals surface area (Å²) in [4.78, 5) is 10.3. The minimum atomic E-state index is -1.08. The Kier molecular flexibility index (Phi) is 3.14. The van der Waals surface area contributed by atoms with Gasteiger partial charge in [-0.1, -0.05) is 6.07 Å². The first-order chi connectivity index (χ1) is 8.66. The average Bonchev–Trinajstić information content (AvgIpc) is 2.47. The lowest BCUT2D eigenvalue weighted by Gasteiger charge is -2.32. The second-order valence-corrected chi connectivity index (χ2v) is 5.52. The fraction of sp³-hybridized carbons (Fsp3) is 0.500. The summed E-state index contributed by atoms with van der Waals surface area (Å²) >= 11 is 0. The molecule has 5 nitrogen and oxygen atoms in total. The van der Waals surface area contributed by atoms with Crippen LogP contribution in [0.2, 0.25) is 0 Å². The Morgan fingerprint density at radius 2 is 1.74 bits per heavy atom. The van der Waals surface area contributed by atoms with Crippen LogP contribution < -0.4 is 5.46 Å². The van der Waals surface area contributed by atoms with Crippen molar-refractivity contribution in [2.75, 3.05) is 0 Å². The second-order valence-electron chi connectivity index (χ2n) is 5.52. The molecule has 0 spiro atoms. The van der Waals surface area contributed by atoms with Crippen LogP contribution in [0.3, 0.4) is 0 Å². The minimum Gasteiger partial charge on any atom is -0.399 e. The molecule has 1 fully saturated rings. The Morgan fingerprint density at radius 1 is 1.21 bits per heavy atom. The van der Waals surface area contributed by atoms with E-state index < -0.39 is 29.1 Å². The van der Waals surface area contributed by atoms with Crippen LogP contribution >= 0.6 is 0 Å². The number of benzene rings is 1. The summed E-state index contributed by atoms with van der Waals surface area (Å²) in [7, 11) is -1.08. The molecule has 0 amide bonds. The molecule has 1 aromatic carbocycles. The molecule has 0 aromatic heterocycles. The first kappa shape index (κ1) is 14.0. The van der Waals surface area contributed by atoms with Crippen molar-refractivity contribution in [2.24, 2.45) is 0 Å². The second kappa shape index (κ2) is 4.28. The van der Waals surface area contributed by atoms with Crippen LogP contribution in [0.4, 0.5) is 10.1 Å². The van der Waals surface area contributed by atoms with Gasteiger partial charge in [-0.05, 0) is 33.8 Å².